The maximum Gasteiger partial charge on any atom is 0.125 e. The fourth-order valence-electron chi connectivity index (χ4n) is 1.92. The Hall–Kier alpha value is -1.83. The Bertz CT molecular complexity index is 647. The number of hydrogen-bond acceptors (Lipinski definition) is 3. The van der Waals surface area contributed by atoms with Gasteiger partial charge < -0.3 is 10.5 Å². The summed E-state index contributed by atoms with van der Waals surface area (Å²) < 4.78 is 6.78. The molecule has 4 heteroatoms. The summed E-state index contributed by atoms with van der Waals surface area (Å²) in [5, 5.41) is 9.07. The van der Waals surface area contributed by atoms with Crippen LogP contribution in [-0.2, 0) is 6.61 Å². The summed E-state index contributed by atoms with van der Waals surface area (Å²) >= 11 is 3.43. The number of benzene rings is 2. The van der Waals surface area contributed by atoms with E-state index in [1.807, 2.05) is 43.3 Å². The van der Waals surface area contributed by atoms with Gasteiger partial charge in [-0.15, -0.1) is 0 Å². The van der Waals surface area contributed by atoms with E-state index in [-0.39, 0.29) is 6.04 Å². The third kappa shape index (κ3) is 3.38. The summed E-state index contributed by atoms with van der Waals surface area (Å²) in [6.07, 6.45) is 0. The maximum atomic E-state index is 9.07. The van der Waals surface area contributed by atoms with E-state index >= 15 is 0 Å². The van der Waals surface area contributed by atoms with Crippen molar-refractivity contribution in [1.82, 2.24) is 0 Å². The molecular weight excluding hydrogens is 316 g/mol. The van der Waals surface area contributed by atoms with Crippen LogP contribution in [0.5, 0.6) is 5.75 Å². The molecule has 0 bridgehead atoms. The molecular formula is C16H15BrN2O. The second-order valence-corrected chi connectivity index (χ2v) is 5.44. The van der Waals surface area contributed by atoms with Crippen LogP contribution in [0.4, 0.5) is 0 Å². The smallest absolute Gasteiger partial charge is 0.125 e. The van der Waals surface area contributed by atoms with Crippen molar-refractivity contribution in [3.8, 4) is 11.8 Å². The lowest BCUT2D eigenvalue weighted by molar-refractivity contribution is 0.301. The summed E-state index contributed by atoms with van der Waals surface area (Å²) in [5.41, 5.74) is 8.38. The molecule has 0 aliphatic heterocycles. The standard InChI is InChI=1S/C16H15BrN2O/c1-11(19)15-7-6-14(17)8-16(15)20-10-13-5-3-2-4-12(13)9-18/h2-8,11H,10,19H2,1H3/t11-/m1/s1. The Balaban J connectivity index is 2.23. The zero-order valence-corrected chi connectivity index (χ0v) is 12.7. The van der Waals surface area contributed by atoms with Crippen LogP contribution in [0.1, 0.15) is 29.7 Å². The predicted octanol–water partition coefficient (Wildman–Crippen LogP) is 3.92. The highest BCUT2D eigenvalue weighted by atomic mass is 79.9. The van der Waals surface area contributed by atoms with Crippen molar-refractivity contribution in [2.45, 2.75) is 19.6 Å². The minimum absolute atomic E-state index is 0.107. The molecule has 20 heavy (non-hydrogen) atoms. The van der Waals surface area contributed by atoms with Gasteiger partial charge in [-0.3, -0.25) is 0 Å². The van der Waals surface area contributed by atoms with Gasteiger partial charge in [0.1, 0.15) is 12.4 Å². The van der Waals surface area contributed by atoms with E-state index in [4.69, 9.17) is 15.7 Å². The molecule has 0 unspecified atom stereocenters. The van der Waals surface area contributed by atoms with Crippen LogP contribution in [0.25, 0.3) is 0 Å². The van der Waals surface area contributed by atoms with Crippen molar-refractivity contribution < 1.29 is 4.74 Å². The molecule has 2 rings (SSSR count). The summed E-state index contributed by atoms with van der Waals surface area (Å²) in [6, 6.07) is 15.3. The van der Waals surface area contributed by atoms with Crippen molar-refractivity contribution >= 4 is 15.9 Å². The second kappa shape index (κ2) is 6.56. The molecule has 0 aliphatic carbocycles. The Morgan fingerprint density at radius 2 is 2.05 bits per heavy atom. The lowest BCUT2D eigenvalue weighted by Crippen LogP contribution is -2.08. The molecule has 0 radical (unpaired) electrons. The third-order valence-electron chi connectivity index (χ3n) is 2.99. The van der Waals surface area contributed by atoms with Crippen molar-refractivity contribution in [3.63, 3.8) is 0 Å². The Morgan fingerprint density at radius 1 is 1.30 bits per heavy atom. The highest BCUT2D eigenvalue weighted by molar-refractivity contribution is 9.10. The van der Waals surface area contributed by atoms with E-state index in [1.54, 1.807) is 6.07 Å². The van der Waals surface area contributed by atoms with Crippen molar-refractivity contribution in [3.05, 3.63) is 63.6 Å². The van der Waals surface area contributed by atoms with Gasteiger partial charge in [-0.2, -0.15) is 5.26 Å². The van der Waals surface area contributed by atoms with Crippen LogP contribution in [0, 0.1) is 11.3 Å². The van der Waals surface area contributed by atoms with Gasteiger partial charge in [-0.25, -0.2) is 0 Å². The number of nitriles is 1. The van der Waals surface area contributed by atoms with Crippen LogP contribution in [0.3, 0.4) is 0 Å². The summed E-state index contributed by atoms with van der Waals surface area (Å²) in [7, 11) is 0. The molecule has 0 fully saturated rings. The van der Waals surface area contributed by atoms with E-state index in [0.29, 0.717) is 12.2 Å². The highest BCUT2D eigenvalue weighted by Gasteiger charge is 2.10. The molecule has 102 valence electrons. The fraction of sp³-hybridized carbons (Fsp3) is 0.188. The predicted molar refractivity (Wildman–Crippen MR) is 82.2 cm³/mol. The van der Waals surface area contributed by atoms with E-state index in [0.717, 1.165) is 21.3 Å². The topological polar surface area (TPSA) is 59.0 Å². The highest BCUT2D eigenvalue weighted by Crippen LogP contribution is 2.28. The van der Waals surface area contributed by atoms with Gasteiger partial charge >= 0.3 is 0 Å². The van der Waals surface area contributed by atoms with Crippen LogP contribution in [-0.4, -0.2) is 0 Å². The quantitative estimate of drug-likeness (QED) is 0.924. The molecule has 3 nitrogen and oxygen atoms in total. The first-order valence-corrected chi connectivity index (χ1v) is 7.07. The maximum absolute atomic E-state index is 9.07. The van der Waals surface area contributed by atoms with Crippen LogP contribution < -0.4 is 10.5 Å². The zero-order chi connectivity index (χ0) is 14.5. The van der Waals surface area contributed by atoms with Crippen LogP contribution >= 0.6 is 15.9 Å². The molecule has 0 heterocycles. The molecule has 0 spiro atoms. The number of halogens is 1. The molecule has 2 aromatic rings. The first-order valence-electron chi connectivity index (χ1n) is 6.27. The van der Waals surface area contributed by atoms with Gasteiger partial charge in [0.15, 0.2) is 0 Å². The molecule has 0 aliphatic rings. The average molecular weight is 331 g/mol. The van der Waals surface area contributed by atoms with E-state index < -0.39 is 0 Å². The van der Waals surface area contributed by atoms with Gasteiger partial charge in [0.05, 0.1) is 11.6 Å². The van der Waals surface area contributed by atoms with Crippen molar-refractivity contribution in [2.75, 3.05) is 0 Å². The summed E-state index contributed by atoms with van der Waals surface area (Å²) in [4.78, 5) is 0. The average Bonchev–Trinajstić information content (AvgIpc) is 2.45. The van der Waals surface area contributed by atoms with E-state index in [1.165, 1.54) is 0 Å². The van der Waals surface area contributed by atoms with Crippen molar-refractivity contribution in [1.29, 1.82) is 5.26 Å². The zero-order valence-electron chi connectivity index (χ0n) is 11.1. The lowest BCUT2D eigenvalue weighted by Gasteiger charge is -2.15. The molecule has 1 atom stereocenters. The van der Waals surface area contributed by atoms with Gasteiger partial charge in [0.2, 0.25) is 0 Å². The number of nitrogens with two attached hydrogens (primary N) is 1. The largest absolute Gasteiger partial charge is 0.488 e. The fourth-order valence-corrected chi connectivity index (χ4v) is 2.26. The minimum atomic E-state index is -0.107. The molecule has 0 saturated carbocycles. The second-order valence-electron chi connectivity index (χ2n) is 4.53. The number of ether oxygens (including phenoxy) is 1. The summed E-state index contributed by atoms with van der Waals surface area (Å²) in [5.74, 6) is 0.738. The van der Waals surface area contributed by atoms with Gasteiger partial charge in [-0.1, -0.05) is 40.2 Å². The minimum Gasteiger partial charge on any atom is -0.488 e. The molecule has 0 saturated heterocycles. The normalized spacial score (nSPS) is 11.7. The van der Waals surface area contributed by atoms with Crippen molar-refractivity contribution in [2.24, 2.45) is 5.73 Å². The lowest BCUT2D eigenvalue weighted by atomic mass is 10.1. The molecule has 0 amide bonds. The van der Waals surface area contributed by atoms with Crippen LogP contribution in [0.15, 0.2) is 46.9 Å². The first kappa shape index (κ1) is 14.6. The number of nitrogens with zero attached hydrogens (tertiary/aromatic N) is 1. The SMILES string of the molecule is C[C@@H](N)c1ccc(Br)cc1OCc1ccccc1C#N. The van der Waals surface area contributed by atoms with E-state index in [9.17, 15) is 0 Å². The van der Waals surface area contributed by atoms with Crippen LogP contribution in [0.2, 0.25) is 0 Å². The number of rotatable bonds is 4. The Morgan fingerprint density at radius 3 is 2.75 bits per heavy atom. The molecule has 2 N–H and O–H groups in total. The monoisotopic (exact) mass is 330 g/mol. The van der Waals surface area contributed by atoms with Gasteiger partial charge in [0.25, 0.3) is 0 Å². The van der Waals surface area contributed by atoms with Gasteiger partial charge in [0, 0.05) is 21.6 Å². The summed E-state index contributed by atoms with van der Waals surface area (Å²) in [6.45, 7) is 2.26. The van der Waals surface area contributed by atoms with Gasteiger partial charge in [-0.05, 0) is 25.1 Å². The number of hydrogen-bond donors (Lipinski definition) is 1. The molecule has 2 aromatic carbocycles. The molecule has 0 aromatic heterocycles. The Labute approximate surface area is 127 Å². The Kier molecular flexibility index (Phi) is 4.78. The van der Waals surface area contributed by atoms with E-state index in [2.05, 4.69) is 22.0 Å². The third-order valence-corrected chi connectivity index (χ3v) is 3.48. The first-order chi connectivity index (χ1) is 9.61.